The lowest BCUT2D eigenvalue weighted by Crippen LogP contribution is -2.11. The van der Waals surface area contributed by atoms with E-state index in [0.29, 0.717) is 0 Å². The highest BCUT2D eigenvalue weighted by Gasteiger charge is 2.06. The number of likely N-dealkylation sites (N-methyl/N-ethyl adjacent to an activating group) is 1. The van der Waals surface area contributed by atoms with E-state index in [-0.39, 0.29) is 0 Å². The van der Waals surface area contributed by atoms with Crippen LogP contribution in [-0.2, 0) is 6.42 Å². The fourth-order valence-corrected chi connectivity index (χ4v) is 1.90. The Labute approximate surface area is 102 Å². The van der Waals surface area contributed by atoms with Gasteiger partial charge in [0.15, 0.2) is 0 Å². The number of imidazole rings is 1. The number of benzene rings is 1. The number of aryl methyl sites for hydroxylation is 2. The highest BCUT2D eigenvalue weighted by Crippen LogP contribution is 2.22. The molecule has 0 amide bonds. The Bertz CT molecular complexity index is 500. The lowest BCUT2D eigenvalue weighted by Gasteiger charge is -2.04. The molecular weight excluding hydrogens is 210 g/mol. The minimum atomic E-state index is 0.932. The van der Waals surface area contributed by atoms with Crippen molar-refractivity contribution in [2.45, 2.75) is 20.3 Å². The summed E-state index contributed by atoms with van der Waals surface area (Å²) in [6.07, 6.45) is 2.86. The summed E-state index contributed by atoms with van der Waals surface area (Å²) in [6.45, 7) is 5.18. The summed E-state index contributed by atoms with van der Waals surface area (Å²) in [4.78, 5) is 7.79. The Kier molecular flexibility index (Phi) is 3.59. The van der Waals surface area contributed by atoms with Crippen LogP contribution in [0.1, 0.15) is 17.0 Å². The quantitative estimate of drug-likeness (QED) is 0.845. The fourth-order valence-electron chi connectivity index (χ4n) is 1.90. The smallest absolute Gasteiger partial charge is 0.107 e. The third-order valence-corrected chi connectivity index (χ3v) is 2.92. The molecule has 2 N–H and O–H groups in total. The Hall–Kier alpha value is -1.61. The molecular formula is C14H19N3. The van der Waals surface area contributed by atoms with Gasteiger partial charge in [-0.1, -0.05) is 17.7 Å². The molecule has 0 spiro atoms. The van der Waals surface area contributed by atoms with Gasteiger partial charge in [-0.2, -0.15) is 0 Å². The molecule has 3 nitrogen and oxygen atoms in total. The summed E-state index contributed by atoms with van der Waals surface area (Å²) < 4.78 is 0. The molecule has 0 aliphatic carbocycles. The van der Waals surface area contributed by atoms with Crippen LogP contribution in [0, 0.1) is 13.8 Å². The Morgan fingerprint density at radius 1 is 1.29 bits per heavy atom. The van der Waals surface area contributed by atoms with Gasteiger partial charge in [0.25, 0.3) is 0 Å². The maximum atomic E-state index is 4.41. The Morgan fingerprint density at radius 3 is 2.88 bits per heavy atom. The number of aromatic nitrogens is 2. The molecule has 1 aromatic carbocycles. The second-order valence-corrected chi connectivity index (χ2v) is 4.42. The predicted octanol–water partition coefficient (Wildman–Crippen LogP) is 2.46. The van der Waals surface area contributed by atoms with Crippen LogP contribution < -0.4 is 5.32 Å². The molecule has 1 heterocycles. The van der Waals surface area contributed by atoms with E-state index in [2.05, 4.69) is 47.3 Å². The molecule has 3 heteroatoms. The van der Waals surface area contributed by atoms with Gasteiger partial charge in [0.2, 0.25) is 0 Å². The number of nitrogens with one attached hydrogen (secondary N) is 2. The third kappa shape index (κ3) is 2.74. The van der Waals surface area contributed by atoms with E-state index >= 15 is 0 Å². The summed E-state index contributed by atoms with van der Waals surface area (Å²) in [7, 11) is 1.95. The molecule has 2 rings (SSSR count). The van der Waals surface area contributed by atoms with E-state index in [1.54, 1.807) is 0 Å². The van der Waals surface area contributed by atoms with Crippen LogP contribution in [0.25, 0.3) is 11.3 Å². The summed E-state index contributed by atoms with van der Waals surface area (Å²) in [5.41, 5.74) is 4.90. The first-order chi connectivity index (χ1) is 8.20. The SMILES string of the molecule is CNCCc1ncc(-c2cc(C)ccc2C)[nH]1. The molecule has 0 bridgehead atoms. The van der Waals surface area contributed by atoms with Crippen molar-refractivity contribution in [3.8, 4) is 11.3 Å². The fraction of sp³-hybridized carbons (Fsp3) is 0.357. The summed E-state index contributed by atoms with van der Waals surface area (Å²) in [5.74, 6) is 1.04. The molecule has 0 atom stereocenters. The molecule has 0 radical (unpaired) electrons. The number of aromatic amines is 1. The highest BCUT2D eigenvalue weighted by molar-refractivity contribution is 5.63. The average Bonchev–Trinajstić information content (AvgIpc) is 2.78. The largest absolute Gasteiger partial charge is 0.342 e. The van der Waals surface area contributed by atoms with Crippen molar-refractivity contribution in [3.05, 3.63) is 41.3 Å². The number of hydrogen-bond acceptors (Lipinski definition) is 2. The van der Waals surface area contributed by atoms with Crippen molar-refractivity contribution >= 4 is 0 Å². The van der Waals surface area contributed by atoms with Gasteiger partial charge in [-0.25, -0.2) is 4.98 Å². The number of nitrogens with zero attached hydrogens (tertiary/aromatic N) is 1. The Morgan fingerprint density at radius 2 is 2.12 bits per heavy atom. The van der Waals surface area contributed by atoms with Crippen molar-refractivity contribution in [1.82, 2.24) is 15.3 Å². The number of H-pyrrole nitrogens is 1. The maximum Gasteiger partial charge on any atom is 0.107 e. The van der Waals surface area contributed by atoms with Crippen LogP contribution in [0.3, 0.4) is 0 Å². The van der Waals surface area contributed by atoms with Crippen LogP contribution in [0.2, 0.25) is 0 Å². The lowest BCUT2D eigenvalue weighted by molar-refractivity contribution is 0.764. The summed E-state index contributed by atoms with van der Waals surface area (Å²) >= 11 is 0. The minimum Gasteiger partial charge on any atom is -0.342 e. The van der Waals surface area contributed by atoms with Crippen molar-refractivity contribution in [2.24, 2.45) is 0 Å². The van der Waals surface area contributed by atoms with E-state index in [4.69, 9.17) is 0 Å². The first-order valence-electron chi connectivity index (χ1n) is 5.97. The maximum absolute atomic E-state index is 4.41. The van der Waals surface area contributed by atoms with Crippen molar-refractivity contribution in [3.63, 3.8) is 0 Å². The van der Waals surface area contributed by atoms with Crippen molar-refractivity contribution in [2.75, 3.05) is 13.6 Å². The average molecular weight is 229 g/mol. The van der Waals surface area contributed by atoms with Crippen LogP contribution in [0.4, 0.5) is 0 Å². The summed E-state index contributed by atoms with van der Waals surface area (Å²) in [6, 6.07) is 6.49. The zero-order valence-corrected chi connectivity index (χ0v) is 10.7. The van der Waals surface area contributed by atoms with Gasteiger partial charge in [-0.05, 0) is 32.5 Å². The standard InChI is InChI=1S/C14H19N3/c1-10-4-5-11(2)12(8-10)13-9-16-14(17-13)6-7-15-3/h4-5,8-9,15H,6-7H2,1-3H3,(H,16,17). The molecule has 0 saturated heterocycles. The topological polar surface area (TPSA) is 40.7 Å². The number of rotatable bonds is 4. The van der Waals surface area contributed by atoms with Crippen molar-refractivity contribution in [1.29, 1.82) is 0 Å². The monoisotopic (exact) mass is 229 g/mol. The minimum absolute atomic E-state index is 0.932. The molecule has 17 heavy (non-hydrogen) atoms. The lowest BCUT2D eigenvalue weighted by atomic mass is 10.0. The highest BCUT2D eigenvalue weighted by atomic mass is 14.9. The first-order valence-corrected chi connectivity index (χ1v) is 5.97. The molecule has 0 saturated carbocycles. The van der Waals surface area contributed by atoms with E-state index in [0.717, 1.165) is 24.5 Å². The number of hydrogen-bond donors (Lipinski definition) is 2. The third-order valence-electron chi connectivity index (χ3n) is 2.92. The predicted molar refractivity (Wildman–Crippen MR) is 71.1 cm³/mol. The van der Waals surface area contributed by atoms with E-state index in [1.807, 2.05) is 13.2 Å². The van der Waals surface area contributed by atoms with Gasteiger partial charge >= 0.3 is 0 Å². The second-order valence-electron chi connectivity index (χ2n) is 4.42. The Balaban J connectivity index is 2.27. The van der Waals surface area contributed by atoms with E-state index in [1.165, 1.54) is 16.7 Å². The zero-order chi connectivity index (χ0) is 12.3. The van der Waals surface area contributed by atoms with Gasteiger partial charge < -0.3 is 10.3 Å². The van der Waals surface area contributed by atoms with Gasteiger partial charge in [0, 0.05) is 18.5 Å². The molecule has 0 aliphatic heterocycles. The normalized spacial score (nSPS) is 10.8. The molecule has 90 valence electrons. The second kappa shape index (κ2) is 5.15. The van der Waals surface area contributed by atoms with Crippen molar-refractivity contribution < 1.29 is 0 Å². The van der Waals surface area contributed by atoms with E-state index in [9.17, 15) is 0 Å². The summed E-state index contributed by atoms with van der Waals surface area (Å²) in [5, 5.41) is 3.13. The van der Waals surface area contributed by atoms with Gasteiger partial charge in [-0.15, -0.1) is 0 Å². The van der Waals surface area contributed by atoms with Crippen LogP contribution >= 0.6 is 0 Å². The molecule has 0 unspecified atom stereocenters. The van der Waals surface area contributed by atoms with Gasteiger partial charge in [-0.3, -0.25) is 0 Å². The molecule has 1 aromatic heterocycles. The van der Waals surface area contributed by atoms with Gasteiger partial charge in [0.1, 0.15) is 5.82 Å². The molecule has 0 fully saturated rings. The van der Waals surface area contributed by atoms with Gasteiger partial charge in [0.05, 0.1) is 11.9 Å². The molecule has 0 aliphatic rings. The van der Waals surface area contributed by atoms with Crippen LogP contribution in [0.5, 0.6) is 0 Å². The van der Waals surface area contributed by atoms with Crippen LogP contribution in [-0.4, -0.2) is 23.6 Å². The van der Waals surface area contributed by atoms with Crippen LogP contribution in [0.15, 0.2) is 24.4 Å². The zero-order valence-electron chi connectivity index (χ0n) is 10.7. The van der Waals surface area contributed by atoms with E-state index < -0.39 is 0 Å². The molecule has 2 aromatic rings. The first kappa shape index (κ1) is 11.9.